The Labute approximate surface area is 213 Å². The molecule has 0 aromatic carbocycles. The van der Waals surface area contributed by atoms with Gasteiger partial charge in [0.1, 0.15) is 11.9 Å². The number of hydrogen-bond acceptors (Lipinski definition) is 4. The lowest BCUT2D eigenvalue weighted by atomic mass is 9.91. The van der Waals surface area contributed by atoms with Crippen molar-refractivity contribution in [3.8, 4) is 0 Å². The number of aryl methyl sites for hydroxylation is 1. The number of hydrogen-bond donors (Lipinski definition) is 2. The SMILES string of the molecule is CC(=CCSCC(Nc1ncccc1C)C(=O)O)CCCC(C)CCCC(C)CCCC(C)C. The maximum Gasteiger partial charge on any atom is 0.327 e. The lowest BCUT2D eigenvalue weighted by molar-refractivity contribution is -0.137. The number of rotatable bonds is 19. The van der Waals surface area contributed by atoms with E-state index in [-0.39, 0.29) is 0 Å². The van der Waals surface area contributed by atoms with E-state index in [0.29, 0.717) is 11.6 Å². The Morgan fingerprint density at radius 1 is 1.06 bits per heavy atom. The first-order valence-corrected chi connectivity index (χ1v) is 14.5. The van der Waals surface area contributed by atoms with Crippen molar-refractivity contribution in [3.63, 3.8) is 0 Å². The molecule has 2 N–H and O–H groups in total. The Balaban J connectivity index is 2.18. The molecule has 0 aliphatic rings. The molecule has 34 heavy (non-hydrogen) atoms. The van der Waals surface area contributed by atoms with Gasteiger partial charge < -0.3 is 10.4 Å². The zero-order valence-electron chi connectivity index (χ0n) is 22.6. The van der Waals surface area contributed by atoms with Gasteiger partial charge in [-0.25, -0.2) is 9.78 Å². The van der Waals surface area contributed by atoms with Gasteiger partial charge in [-0.15, -0.1) is 0 Å². The Hall–Kier alpha value is -1.49. The molecule has 0 radical (unpaired) electrons. The molecular weight excluding hydrogens is 440 g/mol. The summed E-state index contributed by atoms with van der Waals surface area (Å²) in [5.41, 5.74) is 2.37. The van der Waals surface area contributed by atoms with Crippen LogP contribution in [0.5, 0.6) is 0 Å². The quantitative estimate of drug-likeness (QED) is 0.151. The van der Waals surface area contributed by atoms with Gasteiger partial charge in [-0.3, -0.25) is 0 Å². The van der Waals surface area contributed by atoms with Crippen LogP contribution in [0.25, 0.3) is 0 Å². The summed E-state index contributed by atoms with van der Waals surface area (Å²) in [5.74, 6) is 3.70. The molecule has 3 atom stereocenters. The normalized spacial score (nSPS) is 14.7. The van der Waals surface area contributed by atoms with Gasteiger partial charge in [0.2, 0.25) is 0 Å². The molecular formula is C29H50N2O2S. The molecule has 0 fully saturated rings. The molecule has 5 heteroatoms. The molecule has 0 aliphatic heterocycles. The highest BCUT2D eigenvalue weighted by atomic mass is 32.2. The van der Waals surface area contributed by atoms with E-state index in [0.717, 1.165) is 35.5 Å². The fraction of sp³-hybridized carbons (Fsp3) is 0.724. The molecule has 0 amide bonds. The summed E-state index contributed by atoms with van der Waals surface area (Å²) in [7, 11) is 0. The standard InChI is InChI=1S/C29H50N2O2S/c1-22(2)11-7-12-23(3)13-8-14-24(4)15-9-16-25(5)18-20-34-21-27(29(32)33)31-28-26(6)17-10-19-30-28/h10,17-19,22-24,27H,7-9,11-16,20-21H2,1-6H3,(H,30,31)(H,32,33). The van der Waals surface area contributed by atoms with Crippen LogP contribution in [0.1, 0.15) is 98.0 Å². The maximum absolute atomic E-state index is 11.6. The van der Waals surface area contributed by atoms with Crippen LogP contribution < -0.4 is 5.32 Å². The van der Waals surface area contributed by atoms with Crippen LogP contribution in [0.15, 0.2) is 30.0 Å². The van der Waals surface area contributed by atoms with Crippen molar-refractivity contribution in [2.45, 2.75) is 105 Å². The molecule has 0 spiro atoms. The minimum Gasteiger partial charge on any atom is -0.480 e. The Morgan fingerprint density at radius 2 is 1.68 bits per heavy atom. The largest absolute Gasteiger partial charge is 0.480 e. The number of aliphatic carboxylic acids is 1. The van der Waals surface area contributed by atoms with E-state index in [1.54, 1.807) is 18.0 Å². The predicted octanol–water partition coefficient (Wildman–Crippen LogP) is 8.37. The molecule has 4 nitrogen and oxygen atoms in total. The van der Waals surface area contributed by atoms with E-state index in [1.165, 1.54) is 56.9 Å². The minimum atomic E-state index is -0.836. The minimum absolute atomic E-state index is 0.516. The predicted molar refractivity (Wildman–Crippen MR) is 150 cm³/mol. The molecule has 0 aliphatic carbocycles. The average molecular weight is 491 g/mol. The number of nitrogens with zero attached hydrogens (tertiary/aromatic N) is 1. The van der Waals surface area contributed by atoms with E-state index in [2.05, 4.69) is 51.0 Å². The van der Waals surface area contributed by atoms with Crippen molar-refractivity contribution in [2.75, 3.05) is 16.8 Å². The van der Waals surface area contributed by atoms with Crippen LogP contribution >= 0.6 is 11.8 Å². The molecule has 1 aromatic rings. The third-order valence-corrected chi connectivity index (χ3v) is 7.56. The summed E-state index contributed by atoms with van der Waals surface area (Å²) in [4.78, 5) is 15.9. The van der Waals surface area contributed by atoms with E-state index in [1.807, 2.05) is 19.1 Å². The van der Waals surface area contributed by atoms with E-state index in [9.17, 15) is 9.90 Å². The van der Waals surface area contributed by atoms with Gasteiger partial charge in [-0.1, -0.05) is 90.4 Å². The molecule has 1 heterocycles. The fourth-order valence-corrected chi connectivity index (χ4v) is 5.17. The topological polar surface area (TPSA) is 62.2 Å². The summed E-state index contributed by atoms with van der Waals surface area (Å²) in [6.07, 6.45) is 15.9. The van der Waals surface area contributed by atoms with E-state index in [4.69, 9.17) is 0 Å². The number of aromatic nitrogens is 1. The highest BCUT2D eigenvalue weighted by Crippen LogP contribution is 2.22. The molecule has 0 saturated heterocycles. The second kappa shape index (κ2) is 17.9. The molecule has 1 rings (SSSR count). The van der Waals surface area contributed by atoms with Crippen LogP contribution in [0.2, 0.25) is 0 Å². The van der Waals surface area contributed by atoms with Gasteiger partial charge >= 0.3 is 5.97 Å². The second-order valence-electron chi connectivity index (χ2n) is 10.7. The molecule has 3 unspecified atom stereocenters. The number of pyridine rings is 1. The highest BCUT2D eigenvalue weighted by molar-refractivity contribution is 7.99. The monoisotopic (exact) mass is 490 g/mol. The van der Waals surface area contributed by atoms with E-state index >= 15 is 0 Å². The maximum atomic E-state index is 11.6. The van der Waals surface area contributed by atoms with Crippen LogP contribution in [0.4, 0.5) is 5.82 Å². The highest BCUT2D eigenvalue weighted by Gasteiger charge is 2.18. The fourth-order valence-electron chi connectivity index (χ4n) is 4.17. The summed E-state index contributed by atoms with van der Waals surface area (Å²) in [6.45, 7) is 13.6. The van der Waals surface area contributed by atoms with Crippen molar-refractivity contribution in [1.82, 2.24) is 4.98 Å². The van der Waals surface area contributed by atoms with Crippen molar-refractivity contribution in [3.05, 3.63) is 35.5 Å². The Kier molecular flexibility index (Phi) is 16.1. The number of allylic oxidation sites excluding steroid dienone is 1. The van der Waals surface area contributed by atoms with Gasteiger partial charge in [0, 0.05) is 17.7 Å². The first-order valence-electron chi connectivity index (χ1n) is 13.3. The lowest BCUT2D eigenvalue weighted by Crippen LogP contribution is -2.32. The number of thioether (sulfide) groups is 1. The number of carboxylic acids is 1. The summed E-state index contributed by atoms with van der Waals surface area (Å²) in [5, 5.41) is 12.6. The van der Waals surface area contributed by atoms with Crippen LogP contribution in [0.3, 0.4) is 0 Å². The molecule has 1 aromatic heterocycles. The molecule has 0 saturated carbocycles. The van der Waals surface area contributed by atoms with Gasteiger partial charge in [-0.05, 0) is 56.1 Å². The zero-order valence-corrected chi connectivity index (χ0v) is 23.4. The number of carboxylic acid groups (broad SMARTS) is 1. The average Bonchev–Trinajstić information content (AvgIpc) is 2.76. The Morgan fingerprint density at radius 3 is 2.26 bits per heavy atom. The second-order valence-corrected chi connectivity index (χ2v) is 11.7. The van der Waals surface area contributed by atoms with Crippen molar-refractivity contribution in [2.24, 2.45) is 17.8 Å². The smallest absolute Gasteiger partial charge is 0.327 e. The zero-order chi connectivity index (χ0) is 25.3. The van der Waals surface area contributed by atoms with Crippen LogP contribution in [-0.4, -0.2) is 33.6 Å². The number of anilines is 1. The Bertz CT molecular complexity index is 720. The van der Waals surface area contributed by atoms with Crippen molar-refractivity contribution in [1.29, 1.82) is 0 Å². The first kappa shape index (κ1) is 30.5. The summed E-state index contributed by atoms with van der Waals surface area (Å²) in [6, 6.07) is 3.16. The van der Waals surface area contributed by atoms with Gasteiger partial charge in [0.25, 0.3) is 0 Å². The molecule has 194 valence electrons. The summed E-state index contributed by atoms with van der Waals surface area (Å²) < 4.78 is 0. The third-order valence-electron chi connectivity index (χ3n) is 6.59. The van der Waals surface area contributed by atoms with Gasteiger partial charge in [-0.2, -0.15) is 11.8 Å². The van der Waals surface area contributed by atoms with Crippen molar-refractivity contribution < 1.29 is 9.90 Å². The van der Waals surface area contributed by atoms with Gasteiger partial charge in [0.05, 0.1) is 0 Å². The van der Waals surface area contributed by atoms with E-state index < -0.39 is 12.0 Å². The molecule has 0 bridgehead atoms. The first-order chi connectivity index (χ1) is 16.2. The van der Waals surface area contributed by atoms with Gasteiger partial charge in [0.15, 0.2) is 0 Å². The number of carbonyl (C=O) groups is 1. The van der Waals surface area contributed by atoms with Crippen LogP contribution in [-0.2, 0) is 4.79 Å². The van der Waals surface area contributed by atoms with Crippen LogP contribution in [0, 0.1) is 24.7 Å². The number of nitrogens with one attached hydrogen (secondary N) is 1. The summed E-state index contributed by atoms with van der Waals surface area (Å²) >= 11 is 1.66. The van der Waals surface area contributed by atoms with Crippen molar-refractivity contribution >= 4 is 23.5 Å². The third kappa shape index (κ3) is 14.7. The lowest BCUT2D eigenvalue weighted by Gasteiger charge is -2.16.